The van der Waals surface area contributed by atoms with Crippen LogP contribution >= 0.6 is 31.9 Å². The van der Waals surface area contributed by atoms with E-state index in [0.717, 1.165) is 30.7 Å². The number of phenols is 1. The molecule has 0 bridgehead atoms. The molecule has 3 aromatic carbocycles. The quantitative estimate of drug-likeness (QED) is 0.434. The molecule has 1 fully saturated rings. The van der Waals surface area contributed by atoms with Gasteiger partial charge in [-0.1, -0.05) is 76.6 Å². The third-order valence-electron chi connectivity index (χ3n) is 5.30. The van der Waals surface area contributed by atoms with Gasteiger partial charge in [-0.05, 0) is 39.2 Å². The lowest BCUT2D eigenvalue weighted by Crippen LogP contribution is -2.45. The maximum atomic E-state index is 10.2. The topological polar surface area (TPSA) is 39.1 Å². The predicted octanol–water partition coefficient (Wildman–Crippen LogP) is 5.66. The van der Waals surface area contributed by atoms with Gasteiger partial charge in [-0.2, -0.15) is 5.10 Å². The fourth-order valence-corrected chi connectivity index (χ4v) is 5.06. The molecular weight excluding hydrogens is 506 g/mol. The summed E-state index contributed by atoms with van der Waals surface area (Å²) in [5, 5.41) is 16.9. The number of nitrogens with zero attached hydrogens (tertiary/aromatic N) is 3. The summed E-state index contributed by atoms with van der Waals surface area (Å²) in [4.78, 5) is 2.52. The number of benzene rings is 3. The Hall–Kier alpha value is -2.15. The number of hydrazone groups is 1. The fourth-order valence-electron chi connectivity index (χ4n) is 3.80. The van der Waals surface area contributed by atoms with E-state index < -0.39 is 0 Å². The number of phenolic OH excluding ortho intramolecular Hbond substituents is 1. The average molecular weight is 529 g/mol. The number of hydrogen-bond acceptors (Lipinski definition) is 4. The van der Waals surface area contributed by atoms with E-state index in [-0.39, 0.29) is 11.8 Å². The maximum absolute atomic E-state index is 10.2. The van der Waals surface area contributed by atoms with Gasteiger partial charge in [0.2, 0.25) is 0 Å². The lowest BCUT2D eigenvalue weighted by atomic mass is 9.96. The van der Waals surface area contributed by atoms with Gasteiger partial charge >= 0.3 is 0 Å². The van der Waals surface area contributed by atoms with Crippen LogP contribution < -0.4 is 0 Å². The second-order valence-electron chi connectivity index (χ2n) is 7.28. The summed E-state index contributed by atoms with van der Waals surface area (Å²) >= 11 is 6.83. The molecule has 0 atom stereocenters. The highest BCUT2D eigenvalue weighted by Crippen LogP contribution is 2.31. The zero-order valence-corrected chi connectivity index (χ0v) is 19.6. The van der Waals surface area contributed by atoms with Gasteiger partial charge in [0.25, 0.3) is 0 Å². The fraction of sp³-hybridized carbons (Fsp3) is 0.208. The van der Waals surface area contributed by atoms with Crippen molar-refractivity contribution in [1.82, 2.24) is 9.91 Å². The largest absolute Gasteiger partial charge is 0.506 e. The van der Waals surface area contributed by atoms with Crippen LogP contribution in [-0.4, -0.2) is 47.4 Å². The summed E-state index contributed by atoms with van der Waals surface area (Å²) in [7, 11) is 0. The molecule has 0 saturated carbocycles. The second kappa shape index (κ2) is 9.77. The first-order valence-electron chi connectivity index (χ1n) is 9.92. The molecule has 1 aliphatic rings. The van der Waals surface area contributed by atoms with E-state index in [2.05, 4.69) is 108 Å². The van der Waals surface area contributed by atoms with E-state index in [1.54, 1.807) is 6.21 Å². The Morgan fingerprint density at radius 3 is 1.97 bits per heavy atom. The van der Waals surface area contributed by atoms with Crippen LogP contribution in [-0.2, 0) is 0 Å². The van der Waals surface area contributed by atoms with E-state index in [1.165, 1.54) is 11.1 Å². The van der Waals surface area contributed by atoms with Crippen LogP contribution in [0.4, 0.5) is 0 Å². The van der Waals surface area contributed by atoms with Gasteiger partial charge in [-0.15, -0.1) is 0 Å². The van der Waals surface area contributed by atoms with Crippen molar-refractivity contribution in [2.75, 3.05) is 26.2 Å². The van der Waals surface area contributed by atoms with Gasteiger partial charge in [-0.3, -0.25) is 9.91 Å². The number of hydrogen-bond donors (Lipinski definition) is 1. The van der Waals surface area contributed by atoms with E-state index in [0.29, 0.717) is 10.0 Å². The Balaban J connectivity index is 1.48. The molecule has 6 heteroatoms. The van der Waals surface area contributed by atoms with E-state index in [9.17, 15) is 5.11 Å². The number of piperazine rings is 1. The molecule has 0 amide bonds. The molecular formula is C24H23Br2N3O. The first-order valence-corrected chi connectivity index (χ1v) is 11.5. The van der Waals surface area contributed by atoms with Crippen molar-refractivity contribution < 1.29 is 5.11 Å². The van der Waals surface area contributed by atoms with Gasteiger partial charge in [0.1, 0.15) is 5.75 Å². The van der Waals surface area contributed by atoms with Crippen LogP contribution in [0.25, 0.3) is 0 Å². The van der Waals surface area contributed by atoms with Gasteiger partial charge in [0, 0.05) is 36.2 Å². The zero-order valence-electron chi connectivity index (χ0n) is 16.5. The normalized spacial score (nSPS) is 15.2. The van der Waals surface area contributed by atoms with Crippen LogP contribution in [0.2, 0.25) is 0 Å². The molecule has 0 unspecified atom stereocenters. The molecule has 1 saturated heterocycles. The van der Waals surface area contributed by atoms with Crippen molar-refractivity contribution in [2.45, 2.75) is 6.04 Å². The summed E-state index contributed by atoms with van der Waals surface area (Å²) in [6, 6.07) is 25.3. The molecule has 3 aromatic rings. The van der Waals surface area contributed by atoms with Crippen molar-refractivity contribution in [3.8, 4) is 5.75 Å². The van der Waals surface area contributed by atoms with Crippen LogP contribution in [0.15, 0.2) is 86.8 Å². The molecule has 4 nitrogen and oxygen atoms in total. The van der Waals surface area contributed by atoms with Gasteiger partial charge in [0.05, 0.1) is 16.7 Å². The van der Waals surface area contributed by atoms with Gasteiger partial charge < -0.3 is 5.11 Å². The van der Waals surface area contributed by atoms with Crippen LogP contribution in [0.5, 0.6) is 5.75 Å². The van der Waals surface area contributed by atoms with Crippen molar-refractivity contribution in [3.63, 3.8) is 0 Å². The minimum Gasteiger partial charge on any atom is -0.506 e. The third-order valence-corrected chi connectivity index (χ3v) is 6.37. The minimum atomic E-state index is 0.203. The highest BCUT2D eigenvalue weighted by molar-refractivity contribution is 9.11. The van der Waals surface area contributed by atoms with Crippen LogP contribution in [0.1, 0.15) is 22.7 Å². The van der Waals surface area contributed by atoms with Crippen LogP contribution in [0.3, 0.4) is 0 Å². The smallest absolute Gasteiger partial charge is 0.138 e. The maximum Gasteiger partial charge on any atom is 0.138 e. The monoisotopic (exact) mass is 527 g/mol. The Morgan fingerprint density at radius 2 is 1.40 bits per heavy atom. The first-order chi connectivity index (χ1) is 14.6. The minimum absolute atomic E-state index is 0.203. The highest BCUT2D eigenvalue weighted by Gasteiger charge is 2.25. The first kappa shape index (κ1) is 21.1. The molecule has 4 rings (SSSR count). The Labute approximate surface area is 194 Å². The summed E-state index contributed by atoms with van der Waals surface area (Å²) in [6.07, 6.45) is 1.73. The van der Waals surface area contributed by atoms with Gasteiger partial charge in [0.15, 0.2) is 0 Å². The molecule has 1 heterocycles. The zero-order chi connectivity index (χ0) is 20.9. The lowest BCUT2D eigenvalue weighted by molar-refractivity contribution is 0.113. The highest BCUT2D eigenvalue weighted by atomic mass is 79.9. The van der Waals surface area contributed by atoms with E-state index in [1.807, 2.05) is 12.1 Å². The van der Waals surface area contributed by atoms with Crippen molar-refractivity contribution >= 4 is 38.1 Å². The van der Waals surface area contributed by atoms with Crippen molar-refractivity contribution in [3.05, 3.63) is 98.4 Å². The summed E-state index contributed by atoms with van der Waals surface area (Å²) in [5.41, 5.74) is 3.30. The molecule has 1 aliphatic heterocycles. The van der Waals surface area contributed by atoms with Crippen molar-refractivity contribution in [2.24, 2.45) is 5.10 Å². The molecule has 1 N–H and O–H groups in total. The molecule has 0 aliphatic carbocycles. The summed E-state index contributed by atoms with van der Waals surface area (Å²) < 4.78 is 1.55. The molecule has 0 radical (unpaired) electrons. The summed E-state index contributed by atoms with van der Waals surface area (Å²) in [6.45, 7) is 3.51. The molecule has 154 valence electrons. The Kier molecular flexibility index (Phi) is 6.87. The van der Waals surface area contributed by atoms with Gasteiger partial charge in [-0.25, -0.2) is 0 Å². The standard InChI is InChI=1S/C24H23Br2N3O/c25-21-15-20(24(30)22(26)16-21)17-27-29-13-11-28(12-14-29)23(18-7-3-1-4-8-18)19-9-5-2-6-10-19/h1-10,15-17,23,30H,11-14H2/b27-17+. The number of aromatic hydroxyl groups is 1. The number of rotatable bonds is 5. The predicted molar refractivity (Wildman–Crippen MR) is 129 cm³/mol. The third kappa shape index (κ3) is 4.94. The van der Waals surface area contributed by atoms with Crippen LogP contribution in [0, 0.1) is 0 Å². The van der Waals surface area contributed by atoms with E-state index >= 15 is 0 Å². The lowest BCUT2D eigenvalue weighted by Gasteiger charge is -2.38. The average Bonchev–Trinajstić information content (AvgIpc) is 2.78. The van der Waals surface area contributed by atoms with Crippen molar-refractivity contribution in [1.29, 1.82) is 0 Å². The SMILES string of the molecule is Oc1c(Br)cc(Br)cc1/C=N/N1CCN(C(c2ccccc2)c2ccccc2)CC1. The Morgan fingerprint density at radius 1 is 0.833 bits per heavy atom. The van der Waals surface area contributed by atoms with E-state index in [4.69, 9.17) is 0 Å². The molecule has 0 spiro atoms. The summed E-state index contributed by atoms with van der Waals surface area (Å²) in [5.74, 6) is 0.203. The number of halogens is 2. The second-order valence-corrected chi connectivity index (χ2v) is 9.05. The molecule has 30 heavy (non-hydrogen) atoms. The Bertz CT molecular complexity index is 964. The molecule has 0 aromatic heterocycles.